The molecule has 2 rings (SSSR count). The van der Waals surface area contributed by atoms with Crippen molar-refractivity contribution in [2.75, 3.05) is 25.1 Å². The van der Waals surface area contributed by atoms with Crippen LogP contribution in [-0.4, -0.2) is 35.8 Å². The van der Waals surface area contributed by atoms with Gasteiger partial charge in [0.25, 0.3) is 0 Å². The summed E-state index contributed by atoms with van der Waals surface area (Å²) in [7, 11) is 0. The Bertz CT molecular complexity index is 692. The van der Waals surface area contributed by atoms with E-state index in [0.717, 1.165) is 0 Å². The van der Waals surface area contributed by atoms with E-state index in [1.165, 1.54) is 6.20 Å². The molecule has 0 aliphatic heterocycles. The van der Waals surface area contributed by atoms with Gasteiger partial charge in [0.1, 0.15) is 5.56 Å². The Balaban J connectivity index is 2.58. The number of aromatic nitrogens is 1. The number of carbonyl (C=O) groups excluding carboxylic acids is 1. The lowest BCUT2D eigenvalue weighted by atomic mass is 10.1. The normalized spacial score (nSPS) is 10.7. The van der Waals surface area contributed by atoms with E-state index < -0.39 is 5.97 Å². The molecule has 2 aromatic rings. The standard InChI is InChI=1S/C15H16Cl2N2O3/c1-2-22-15(21)11-8-19-14-10(6-9(16)7-12(14)17)13(11)18-4-3-5-20/h6-8,20H,2-5H2,1H3,(H,18,19). The molecule has 2 N–H and O–H groups in total. The van der Waals surface area contributed by atoms with Gasteiger partial charge in [0, 0.05) is 29.8 Å². The van der Waals surface area contributed by atoms with E-state index in [4.69, 9.17) is 33.0 Å². The van der Waals surface area contributed by atoms with Gasteiger partial charge < -0.3 is 15.2 Å². The Morgan fingerprint density at radius 3 is 2.86 bits per heavy atom. The van der Waals surface area contributed by atoms with Gasteiger partial charge in [-0.2, -0.15) is 0 Å². The van der Waals surface area contributed by atoms with Crippen LogP contribution in [0.15, 0.2) is 18.3 Å². The number of ether oxygens (including phenoxy) is 1. The van der Waals surface area contributed by atoms with E-state index in [9.17, 15) is 4.79 Å². The molecule has 0 spiro atoms. The summed E-state index contributed by atoms with van der Waals surface area (Å²) in [5.41, 5.74) is 1.41. The molecule has 118 valence electrons. The summed E-state index contributed by atoms with van der Waals surface area (Å²) in [6.45, 7) is 2.54. The zero-order chi connectivity index (χ0) is 16.1. The van der Waals surface area contributed by atoms with Gasteiger partial charge >= 0.3 is 5.97 Å². The first-order chi connectivity index (χ1) is 10.6. The molecule has 0 aliphatic rings. The molecule has 0 unspecified atom stereocenters. The lowest BCUT2D eigenvalue weighted by Gasteiger charge is -2.14. The maximum absolute atomic E-state index is 12.1. The molecule has 0 amide bonds. The molecule has 1 heterocycles. The van der Waals surface area contributed by atoms with E-state index >= 15 is 0 Å². The van der Waals surface area contributed by atoms with Crippen LogP contribution in [-0.2, 0) is 4.74 Å². The number of hydrogen-bond donors (Lipinski definition) is 2. The van der Waals surface area contributed by atoms with Gasteiger partial charge in [0.05, 0.1) is 22.8 Å². The monoisotopic (exact) mass is 342 g/mol. The highest BCUT2D eigenvalue weighted by Crippen LogP contribution is 2.33. The second-order valence-corrected chi connectivity index (χ2v) is 5.40. The maximum Gasteiger partial charge on any atom is 0.341 e. The van der Waals surface area contributed by atoms with Gasteiger partial charge in [0.2, 0.25) is 0 Å². The zero-order valence-corrected chi connectivity index (χ0v) is 13.5. The second-order valence-electron chi connectivity index (χ2n) is 4.56. The molecule has 1 aromatic heterocycles. The van der Waals surface area contributed by atoms with Crippen LogP contribution in [0.3, 0.4) is 0 Å². The average Bonchev–Trinajstić information content (AvgIpc) is 2.47. The van der Waals surface area contributed by atoms with E-state index in [0.29, 0.717) is 45.2 Å². The molecule has 0 atom stereocenters. The van der Waals surface area contributed by atoms with Gasteiger partial charge in [-0.15, -0.1) is 0 Å². The van der Waals surface area contributed by atoms with Crippen molar-refractivity contribution >= 4 is 45.8 Å². The first-order valence-corrected chi connectivity index (χ1v) is 7.63. The summed E-state index contributed by atoms with van der Waals surface area (Å²) >= 11 is 12.2. The zero-order valence-electron chi connectivity index (χ0n) is 12.0. The number of carbonyl (C=O) groups is 1. The van der Waals surface area contributed by atoms with Gasteiger partial charge in [-0.1, -0.05) is 23.2 Å². The number of rotatable bonds is 6. The summed E-state index contributed by atoms with van der Waals surface area (Å²) in [5.74, 6) is -0.473. The largest absolute Gasteiger partial charge is 0.462 e. The number of anilines is 1. The number of fused-ring (bicyclic) bond motifs is 1. The number of aliphatic hydroxyl groups is 1. The van der Waals surface area contributed by atoms with Crippen LogP contribution in [0, 0.1) is 0 Å². The molecule has 0 saturated heterocycles. The molecule has 7 heteroatoms. The number of benzene rings is 1. The molecule has 0 saturated carbocycles. The van der Waals surface area contributed by atoms with Crippen molar-refractivity contribution in [3.63, 3.8) is 0 Å². The van der Waals surface area contributed by atoms with Crippen LogP contribution in [0.2, 0.25) is 10.0 Å². The van der Waals surface area contributed by atoms with Gasteiger partial charge in [-0.05, 0) is 25.5 Å². The molecule has 1 aromatic carbocycles. The van der Waals surface area contributed by atoms with Crippen molar-refractivity contribution in [2.24, 2.45) is 0 Å². The summed E-state index contributed by atoms with van der Waals surface area (Å²) in [6.07, 6.45) is 1.97. The topological polar surface area (TPSA) is 71.5 Å². The smallest absolute Gasteiger partial charge is 0.341 e. The van der Waals surface area contributed by atoms with Gasteiger partial charge in [-0.3, -0.25) is 4.98 Å². The third-order valence-corrected chi connectivity index (χ3v) is 3.53. The van der Waals surface area contributed by atoms with E-state index in [2.05, 4.69) is 10.3 Å². The van der Waals surface area contributed by atoms with Crippen molar-refractivity contribution in [3.8, 4) is 0 Å². The van der Waals surface area contributed by atoms with E-state index in [1.807, 2.05) is 0 Å². The van der Waals surface area contributed by atoms with Crippen LogP contribution in [0.4, 0.5) is 5.69 Å². The molecular weight excluding hydrogens is 327 g/mol. The van der Waals surface area contributed by atoms with E-state index in [1.54, 1.807) is 19.1 Å². The van der Waals surface area contributed by atoms with Crippen molar-refractivity contribution < 1.29 is 14.6 Å². The average molecular weight is 343 g/mol. The molecular formula is C15H16Cl2N2O3. The third-order valence-electron chi connectivity index (χ3n) is 3.02. The number of nitrogens with one attached hydrogen (secondary N) is 1. The minimum Gasteiger partial charge on any atom is -0.462 e. The summed E-state index contributed by atoms with van der Waals surface area (Å²) in [5, 5.41) is 13.6. The highest BCUT2D eigenvalue weighted by atomic mass is 35.5. The first-order valence-electron chi connectivity index (χ1n) is 6.88. The van der Waals surface area contributed by atoms with Crippen LogP contribution in [0.1, 0.15) is 23.7 Å². The van der Waals surface area contributed by atoms with E-state index in [-0.39, 0.29) is 13.2 Å². The molecule has 5 nitrogen and oxygen atoms in total. The molecule has 0 fully saturated rings. The van der Waals surface area contributed by atoms with Gasteiger partial charge in [0.15, 0.2) is 0 Å². The number of nitrogens with zero attached hydrogens (tertiary/aromatic N) is 1. The van der Waals surface area contributed by atoms with Crippen molar-refractivity contribution in [3.05, 3.63) is 33.9 Å². The van der Waals surface area contributed by atoms with Crippen LogP contribution in [0.5, 0.6) is 0 Å². The highest BCUT2D eigenvalue weighted by molar-refractivity contribution is 6.38. The minimum absolute atomic E-state index is 0.0479. The number of halogens is 2. The Hall–Kier alpha value is -1.56. The Morgan fingerprint density at radius 2 is 2.18 bits per heavy atom. The number of hydrogen-bond acceptors (Lipinski definition) is 5. The molecule has 0 aliphatic carbocycles. The number of aliphatic hydroxyl groups excluding tert-OH is 1. The van der Waals surface area contributed by atoms with Gasteiger partial charge in [-0.25, -0.2) is 4.79 Å². The predicted molar refractivity (Wildman–Crippen MR) is 87.9 cm³/mol. The second kappa shape index (κ2) is 7.63. The summed E-state index contributed by atoms with van der Waals surface area (Å²) in [4.78, 5) is 16.3. The maximum atomic E-state index is 12.1. The van der Waals surface area contributed by atoms with Crippen molar-refractivity contribution in [1.29, 1.82) is 0 Å². The predicted octanol–water partition coefficient (Wildman–Crippen LogP) is 3.51. The first kappa shape index (κ1) is 16.8. The Kier molecular flexibility index (Phi) is 5.83. The fraction of sp³-hybridized carbons (Fsp3) is 0.333. The van der Waals surface area contributed by atoms with Crippen LogP contribution in [0.25, 0.3) is 10.9 Å². The lowest BCUT2D eigenvalue weighted by molar-refractivity contribution is 0.0527. The minimum atomic E-state index is -0.473. The number of pyridine rings is 1. The molecule has 0 bridgehead atoms. The Morgan fingerprint density at radius 1 is 1.41 bits per heavy atom. The fourth-order valence-electron chi connectivity index (χ4n) is 2.07. The van der Waals surface area contributed by atoms with Crippen molar-refractivity contribution in [2.45, 2.75) is 13.3 Å². The number of esters is 1. The summed E-state index contributed by atoms with van der Waals surface area (Å²) < 4.78 is 5.05. The third kappa shape index (κ3) is 3.61. The summed E-state index contributed by atoms with van der Waals surface area (Å²) in [6, 6.07) is 3.29. The fourth-order valence-corrected chi connectivity index (χ4v) is 2.62. The molecule has 22 heavy (non-hydrogen) atoms. The van der Waals surface area contributed by atoms with Crippen LogP contribution < -0.4 is 5.32 Å². The SMILES string of the molecule is CCOC(=O)c1cnc2c(Cl)cc(Cl)cc2c1NCCCO. The Labute approximate surface area is 138 Å². The quantitative estimate of drug-likeness (QED) is 0.620. The molecule has 0 radical (unpaired) electrons. The van der Waals surface area contributed by atoms with Crippen molar-refractivity contribution in [1.82, 2.24) is 4.98 Å². The van der Waals surface area contributed by atoms with Crippen LogP contribution >= 0.6 is 23.2 Å². The highest BCUT2D eigenvalue weighted by Gasteiger charge is 2.18. The lowest BCUT2D eigenvalue weighted by Crippen LogP contribution is -2.12.